The van der Waals surface area contributed by atoms with Gasteiger partial charge in [0.25, 0.3) is 5.91 Å². The van der Waals surface area contributed by atoms with Gasteiger partial charge in [-0.25, -0.2) is 4.99 Å². The molecule has 0 aliphatic carbocycles. The van der Waals surface area contributed by atoms with E-state index >= 15 is 0 Å². The van der Waals surface area contributed by atoms with Gasteiger partial charge in [0.2, 0.25) is 0 Å². The Kier molecular flexibility index (Phi) is 6.86. The van der Waals surface area contributed by atoms with E-state index in [0.717, 1.165) is 64.7 Å². The van der Waals surface area contributed by atoms with Crippen LogP contribution in [0, 0.1) is 20.8 Å². The number of anilines is 1. The Bertz CT molecular complexity index is 1340. The van der Waals surface area contributed by atoms with Crippen molar-refractivity contribution in [3.05, 3.63) is 80.4 Å². The van der Waals surface area contributed by atoms with Gasteiger partial charge < -0.3 is 19.5 Å². The molecule has 2 aromatic carbocycles. The Morgan fingerprint density at radius 1 is 1.03 bits per heavy atom. The van der Waals surface area contributed by atoms with Crippen molar-refractivity contribution in [2.75, 3.05) is 31.2 Å². The molecule has 2 fully saturated rings. The van der Waals surface area contributed by atoms with Gasteiger partial charge >= 0.3 is 0 Å². The van der Waals surface area contributed by atoms with Crippen molar-refractivity contribution < 1.29 is 9.53 Å². The summed E-state index contributed by atoms with van der Waals surface area (Å²) in [4.78, 5) is 20.3. The molecular formula is C27H27BrN4O2S. The molecule has 1 amide bonds. The molecule has 0 saturated carbocycles. The first kappa shape index (κ1) is 23.9. The molecule has 2 aliphatic rings. The second-order valence-corrected chi connectivity index (χ2v) is 10.6. The molecule has 3 aromatic rings. The minimum Gasteiger partial charge on any atom is -0.378 e. The number of carbonyl (C=O) groups is 1. The van der Waals surface area contributed by atoms with Crippen LogP contribution in [0.15, 0.2) is 62.9 Å². The van der Waals surface area contributed by atoms with E-state index in [9.17, 15) is 4.79 Å². The lowest BCUT2D eigenvalue weighted by molar-refractivity contribution is -0.115. The molecule has 0 spiro atoms. The highest BCUT2D eigenvalue weighted by atomic mass is 79.9. The maximum absolute atomic E-state index is 12.7. The molecule has 35 heavy (non-hydrogen) atoms. The standard InChI is InChI=1S/C27H27BrN4O2S/c1-17-14-21(28)4-9-24(17)29-27-30-26(33)25(35-27)16-20-15-18(2)32(19(20)3)23-7-5-22(6-8-23)31-10-12-34-13-11-31/h4-9,14-16H,10-13H2,1-3H3,(H,29,30,33)/b25-16-. The van der Waals surface area contributed by atoms with Crippen LogP contribution in [-0.4, -0.2) is 41.9 Å². The summed E-state index contributed by atoms with van der Waals surface area (Å²) in [7, 11) is 0. The Morgan fingerprint density at radius 2 is 1.74 bits per heavy atom. The number of aryl methyl sites for hydroxylation is 2. The van der Waals surface area contributed by atoms with Crippen molar-refractivity contribution >= 4 is 56.2 Å². The Labute approximate surface area is 218 Å². The summed E-state index contributed by atoms with van der Waals surface area (Å²) in [6.07, 6.45) is 1.96. The van der Waals surface area contributed by atoms with E-state index in [-0.39, 0.29) is 5.91 Å². The summed E-state index contributed by atoms with van der Waals surface area (Å²) in [6.45, 7) is 9.58. The highest BCUT2D eigenvalue weighted by molar-refractivity contribution is 9.10. The van der Waals surface area contributed by atoms with E-state index in [1.54, 1.807) is 0 Å². The van der Waals surface area contributed by atoms with Crippen molar-refractivity contribution in [1.29, 1.82) is 0 Å². The lowest BCUT2D eigenvalue weighted by atomic mass is 10.2. The fourth-order valence-corrected chi connectivity index (χ4v) is 5.74. The quantitative estimate of drug-likeness (QED) is 0.411. The summed E-state index contributed by atoms with van der Waals surface area (Å²) >= 11 is 4.85. The van der Waals surface area contributed by atoms with E-state index in [1.165, 1.54) is 17.4 Å². The van der Waals surface area contributed by atoms with Crippen molar-refractivity contribution in [1.82, 2.24) is 9.88 Å². The van der Waals surface area contributed by atoms with Crippen molar-refractivity contribution in [3.8, 4) is 5.69 Å². The molecular weight excluding hydrogens is 524 g/mol. The number of benzene rings is 2. The third-order valence-corrected chi connectivity index (χ3v) is 7.68. The number of nitrogens with zero attached hydrogens (tertiary/aromatic N) is 3. The van der Waals surface area contributed by atoms with E-state index in [2.05, 4.69) is 79.9 Å². The number of ether oxygens (including phenoxy) is 1. The van der Waals surface area contributed by atoms with Crippen LogP contribution >= 0.6 is 27.7 Å². The molecule has 8 heteroatoms. The van der Waals surface area contributed by atoms with Gasteiger partial charge in [0.15, 0.2) is 5.17 Å². The lowest BCUT2D eigenvalue weighted by Crippen LogP contribution is -2.36. The first-order valence-electron chi connectivity index (χ1n) is 11.6. The number of aliphatic imine (C=N–C) groups is 1. The number of thioether (sulfide) groups is 1. The molecule has 0 bridgehead atoms. The van der Waals surface area contributed by atoms with Crippen LogP contribution in [-0.2, 0) is 9.53 Å². The second-order valence-electron chi connectivity index (χ2n) is 8.69. The summed E-state index contributed by atoms with van der Waals surface area (Å²) in [5.41, 5.74) is 7.46. The van der Waals surface area contributed by atoms with Crippen LogP contribution < -0.4 is 10.2 Å². The van der Waals surface area contributed by atoms with Crippen LogP contribution in [0.25, 0.3) is 11.8 Å². The molecule has 2 saturated heterocycles. The summed E-state index contributed by atoms with van der Waals surface area (Å²) < 4.78 is 8.70. The number of amidine groups is 1. The number of rotatable bonds is 4. The van der Waals surface area contributed by atoms with Gasteiger partial charge in [-0.3, -0.25) is 4.79 Å². The number of morpholine rings is 1. The van der Waals surface area contributed by atoms with E-state index < -0.39 is 0 Å². The summed E-state index contributed by atoms with van der Waals surface area (Å²) in [6, 6.07) is 16.7. The number of nitrogens with one attached hydrogen (secondary N) is 1. The normalized spacial score (nSPS) is 18.5. The SMILES string of the molecule is Cc1cc(Br)ccc1N=C1NC(=O)/C(=C/c2cc(C)n(-c3ccc(N4CCOCC4)cc3)c2C)S1. The molecule has 180 valence electrons. The topological polar surface area (TPSA) is 58.9 Å². The van der Waals surface area contributed by atoms with Gasteiger partial charge in [-0.15, -0.1) is 0 Å². The van der Waals surface area contributed by atoms with E-state index in [0.29, 0.717) is 10.1 Å². The Morgan fingerprint density at radius 3 is 2.46 bits per heavy atom. The van der Waals surface area contributed by atoms with Gasteiger partial charge in [-0.05, 0) is 98.3 Å². The molecule has 2 aliphatic heterocycles. The minimum absolute atomic E-state index is 0.122. The zero-order valence-corrected chi connectivity index (χ0v) is 22.4. The van der Waals surface area contributed by atoms with Crippen LogP contribution in [0.5, 0.6) is 0 Å². The number of amides is 1. The van der Waals surface area contributed by atoms with Crippen molar-refractivity contribution in [2.45, 2.75) is 20.8 Å². The minimum atomic E-state index is -0.122. The molecule has 5 rings (SSSR count). The van der Waals surface area contributed by atoms with Crippen LogP contribution in [0.1, 0.15) is 22.5 Å². The molecule has 6 nitrogen and oxygen atoms in total. The van der Waals surface area contributed by atoms with Gasteiger partial charge in [0.05, 0.1) is 23.8 Å². The van der Waals surface area contributed by atoms with Gasteiger partial charge in [0, 0.05) is 40.3 Å². The zero-order valence-electron chi connectivity index (χ0n) is 20.0. The first-order chi connectivity index (χ1) is 16.9. The number of hydrogen-bond acceptors (Lipinski definition) is 5. The number of hydrogen-bond donors (Lipinski definition) is 1. The maximum atomic E-state index is 12.7. The predicted molar refractivity (Wildman–Crippen MR) is 148 cm³/mol. The maximum Gasteiger partial charge on any atom is 0.264 e. The van der Waals surface area contributed by atoms with Gasteiger partial charge in [-0.1, -0.05) is 15.9 Å². The molecule has 0 unspecified atom stereocenters. The van der Waals surface area contributed by atoms with E-state index in [4.69, 9.17) is 4.74 Å². The third-order valence-electron chi connectivity index (χ3n) is 6.27. The monoisotopic (exact) mass is 550 g/mol. The molecule has 0 radical (unpaired) electrons. The molecule has 1 aromatic heterocycles. The highest BCUT2D eigenvalue weighted by Crippen LogP contribution is 2.32. The smallest absolute Gasteiger partial charge is 0.264 e. The fraction of sp³-hybridized carbons (Fsp3) is 0.259. The average molecular weight is 552 g/mol. The Hall–Kier alpha value is -2.81. The van der Waals surface area contributed by atoms with Crippen LogP contribution in [0.4, 0.5) is 11.4 Å². The summed E-state index contributed by atoms with van der Waals surface area (Å²) in [5.74, 6) is -0.122. The third kappa shape index (κ3) is 5.10. The predicted octanol–water partition coefficient (Wildman–Crippen LogP) is 5.89. The number of aromatic nitrogens is 1. The molecule has 0 atom stereocenters. The number of halogens is 1. The fourth-order valence-electron chi connectivity index (χ4n) is 4.44. The lowest BCUT2D eigenvalue weighted by Gasteiger charge is -2.29. The number of carbonyl (C=O) groups excluding carboxylic acids is 1. The van der Waals surface area contributed by atoms with Crippen LogP contribution in [0.3, 0.4) is 0 Å². The Balaban J connectivity index is 1.38. The van der Waals surface area contributed by atoms with Crippen molar-refractivity contribution in [2.24, 2.45) is 4.99 Å². The van der Waals surface area contributed by atoms with Gasteiger partial charge in [-0.2, -0.15) is 0 Å². The van der Waals surface area contributed by atoms with Crippen LogP contribution in [0.2, 0.25) is 0 Å². The molecule has 1 N–H and O–H groups in total. The largest absolute Gasteiger partial charge is 0.378 e. The summed E-state index contributed by atoms with van der Waals surface area (Å²) in [5, 5.41) is 3.49. The first-order valence-corrected chi connectivity index (χ1v) is 13.2. The van der Waals surface area contributed by atoms with Gasteiger partial charge in [0.1, 0.15) is 0 Å². The average Bonchev–Trinajstić information content (AvgIpc) is 3.34. The van der Waals surface area contributed by atoms with Crippen molar-refractivity contribution in [3.63, 3.8) is 0 Å². The zero-order chi connectivity index (χ0) is 24.5. The second kappa shape index (κ2) is 10.0. The van der Waals surface area contributed by atoms with E-state index in [1.807, 2.05) is 31.2 Å². The molecule has 3 heterocycles. The highest BCUT2D eigenvalue weighted by Gasteiger charge is 2.25.